The molecule has 3 saturated heterocycles. The molecule has 0 aliphatic carbocycles. The number of carbonyl (C=O) groups is 4. The highest BCUT2D eigenvalue weighted by atomic mass is 32.1. The number of nitrogens with one attached hydrogen (secondary N) is 2. The number of rotatable bonds is 13. The fraction of sp³-hybridized carbons (Fsp3) is 0.450. The lowest BCUT2D eigenvalue weighted by atomic mass is 9.90. The van der Waals surface area contributed by atoms with Crippen molar-refractivity contribution in [2.45, 2.75) is 95.5 Å². The second kappa shape index (κ2) is 16.6. The monoisotopic (exact) mass is 786 g/mol. The molecule has 3 fully saturated rings. The van der Waals surface area contributed by atoms with Crippen molar-refractivity contribution in [1.29, 1.82) is 0 Å². The van der Waals surface area contributed by atoms with Crippen LogP contribution in [-0.4, -0.2) is 87.3 Å². The highest BCUT2D eigenvalue weighted by Crippen LogP contribution is 2.47. The molecule has 290 valence electrons. The van der Waals surface area contributed by atoms with E-state index in [2.05, 4.69) is 20.4 Å². The van der Waals surface area contributed by atoms with Crippen LogP contribution in [0, 0.1) is 6.92 Å². The molecule has 5 heterocycles. The van der Waals surface area contributed by atoms with Crippen LogP contribution in [0.3, 0.4) is 0 Å². The molecule has 5 atom stereocenters. The van der Waals surface area contributed by atoms with Gasteiger partial charge in [0.2, 0.25) is 11.8 Å². The van der Waals surface area contributed by atoms with Gasteiger partial charge in [0.05, 0.1) is 17.6 Å². The van der Waals surface area contributed by atoms with E-state index in [1.807, 2.05) is 49.2 Å². The molecule has 3 amide bonds. The van der Waals surface area contributed by atoms with Gasteiger partial charge in [0.1, 0.15) is 30.2 Å². The van der Waals surface area contributed by atoms with Gasteiger partial charge < -0.3 is 24.4 Å². The highest BCUT2D eigenvalue weighted by Gasteiger charge is 2.47. The maximum atomic E-state index is 14.3. The van der Waals surface area contributed by atoms with Gasteiger partial charge in [-0.2, -0.15) is 0 Å². The van der Waals surface area contributed by atoms with Crippen LogP contribution in [0.25, 0.3) is 10.1 Å². The number of para-hydroxylation sites is 1. The average molecular weight is 787 g/mol. The first-order chi connectivity index (χ1) is 26.5. The Hall–Kier alpha value is -4.65. The van der Waals surface area contributed by atoms with Crippen molar-refractivity contribution in [3.63, 3.8) is 0 Å². The zero-order valence-electron chi connectivity index (χ0n) is 31.3. The summed E-state index contributed by atoms with van der Waals surface area (Å²) in [7, 11) is -3.68. The van der Waals surface area contributed by atoms with Crippen molar-refractivity contribution in [3.8, 4) is 5.75 Å². The van der Waals surface area contributed by atoms with E-state index in [0.717, 1.165) is 40.6 Å². The fourth-order valence-electron chi connectivity index (χ4n) is 7.81. The molecule has 0 radical (unpaired) electrons. The smallest absolute Gasteiger partial charge is 0.323 e. The molecule has 2 aromatic carbocycles. The zero-order valence-corrected chi connectivity index (χ0v) is 33.0. The predicted octanol–water partition coefficient (Wildman–Crippen LogP) is 5.97. The molecule has 3 aliphatic rings. The third-order valence-corrected chi connectivity index (χ3v) is 13.8. The molecule has 0 saturated carbocycles. The number of carbonyl (C=O) groups excluding carboxylic acids is 4. The van der Waals surface area contributed by atoms with Crippen molar-refractivity contribution in [2.24, 2.45) is 0 Å². The quantitative estimate of drug-likeness (QED) is 0.122. The molecule has 7 rings (SSSR count). The molecule has 0 bridgehead atoms. The Morgan fingerprint density at radius 2 is 1.85 bits per heavy atom. The van der Waals surface area contributed by atoms with Crippen LogP contribution in [-0.2, 0) is 29.8 Å². The number of amides is 3. The van der Waals surface area contributed by atoms with E-state index in [1.54, 1.807) is 42.2 Å². The summed E-state index contributed by atoms with van der Waals surface area (Å²) in [6.07, 6.45) is 7.43. The maximum absolute atomic E-state index is 14.3. The molecule has 4 aromatic rings. The van der Waals surface area contributed by atoms with E-state index in [0.29, 0.717) is 48.5 Å². The third-order valence-electron chi connectivity index (χ3n) is 10.6. The van der Waals surface area contributed by atoms with Gasteiger partial charge in [-0.15, -0.1) is 11.3 Å². The minimum Gasteiger partial charge on any atom is -0.465 e. The number of likely N-dealkylation sites (tertiary alicyclic amines) is 1. The molecular formula is C40H47N6O7PS. The number of nitrogens with zero attached hydrogens (tertiary/aromatic N) is 4. The van der Waals surface area contributed by atoms with Crippen LogP contribution < -0.4 is 14.9 Å². The molecule has 2 aromatic heterocycles. The SMILES string of the molecule is CCCOC(=O)[C@H](C)NP(=O)(Cc1ccc2sc(C(=O)N[C@H]3CCC[C@H]4CCC(C(=O)N5CC(c6cncnc6C)C5)N4C3=O)cc2c1)Oc1ccccc1. The first-order valence-electron chi connectivity index (χ1n) is 19.0. The van der Waals surface area contributed by atoms with Crippen LogP contribution in [0.4, 0.5) is 0 Å². The van der Waals surface area contributed by atoms with E-state index in [4.69, 9.17) is 9.26 Å². The van der Waals surface area contributed by atoms with E-state index in [-0.39, 0.29) is 42.5 Å². The van der Waals surface area contributed by atoms with E-state index >= 15 is 0 Å². The van der Waals surface area contributed by atoms with Crippen LogP contribution >= 0.6 is 18.9 Å². The van der Waals surface area contributed by atoms with Crippen LogP contribution in [0.1, 0.15) is 84.8 Å². The lowest BCUT2D eigenvalue weighted by Crippen LogP contribution is -2.58. The predicted molar refractivity (Wildman–Crippen MR) is 209 cm³/mol. The topological polar surface area (TPSA) is 160 Å². The summed E-state index contributed by atoms with van der Waals surface area (Å²) in [5, 5.41) is 6.68. The average Bonchev–Trinajstić information content (AvgIpc) is 3.74. The molecule has 2 unspecified atom stereocenters. The van der Waals surface area contributed by atoms with Gasteiger partial charge in [0.15, 0.2) is 0 Å². The van der Waals surface area contributed by atoms with E-state index in [9.17, 15) is 23.7 Å². The summed E-state index contributed by atoms with van der Waals surface area (Å²) in [6, 6.07) is 13.9. The van der Waals surface area contributed by atoms with Crippen LogP contribution in [0.2, 0.25) is 0 Å². The Morgan fingerprint density at radius 1 is 1.05 bits per heavy atom. The highest BCUT2D eigenvalue weighted by molar-refractivity contribution is 7.56. The van der Waals surface area contributed by atoms with Crippen molar-refractivity contribution in [1.82, 2.24) is 30.2 Å². The summed E-state index contributed by atoms with van der Waals surface area (Å²) in [4.78, 5) is 66.6. The number of benzene rings is 2. The number of aryl methyl sites for hydroxylation is 1. The van der Waals surface area contributed by atoms with Crippen molar-refractivity contribution in [3.05, 3.63) is 88.8 Å². The first kappa shape index (κ1) is 38.6. The number of fused-ring (bicyclic) bond motifs is 2. The summed E-state index contributed by atoms with van der Waals surface area (Å²) in [5.74, 6) is -0.527. The van der Waals surface area contributed by atoms with Gasteiger partial charge in [-0.1, -0.05) is 31.2 Å². The van der Waals surface area contributed by atoms with E-state index in [1.165, 1.54) is 17.7 Å². The summed E-state index contributed by atoms with van der Waals surface area (Å²) in [5.41, 5.74) is 2.65. The number of thiophene rings is 1. The number of ether oxygens (including phenoxy) is 1. The number of esters is 1. The Balaban J connectivity index is 1.02. The van der Waals surface area contributed by atoms with Crippen molar-refractivity contribution in [2.75, 3.05) is 19.7 Å². The Morgan fingerprint density at radius 3 is 2.62 bits per heavy atom. The van der Waals surface area contributed by atoms with Crippen LogP contribution in [0.5, 0.6) is 5.75 Å². The molecule has 3 aliphatic heterocycles. The second-order valence-corrected chi connectivity index (χ2v) is 17.9. The molecule has 13 nitrogen and oxygen atoms in total. The number of hydrogen-bond acceptors (Lipinski definition) is 10. The minimum absolute atomic E-state index is 0.0192. The lowest BCUT2D eigenvalue weighted by Gasteiger charge is -2.42. The summed E-state index contributed by atoms with van der Waals surface area (Å²) >= 11 is 1.31. The minimum atomic E-state index is -3.68. The standard InChI is InChI=1S/C40H47N6O7PS/c1-4-17-52-40(50)26(3)44-54(51,53-31-10-6-5-7-11-31)23-27-13-16-35-28(18-27)19-36(55-35)37(47)43-33-12-8-9-30-14-15-34(46(30)38(33)48)39(49)45-21-29(22-45)32-20-41-24-42-25(32)2/h5-7,10-11,13,16,18-20,24,26,29-30,33-34H,4,8-9,12,14-15,17,21-23H2,1-3H3,(H,43,47)(H,44,51)/t26-,30-,33-,34?,54?/m0/s1. The van der Waals surface area contributed by atoms with Crippen LogP contribution in [0.15, 0.2) is 67.1 Å². The van der Waals surface area contributed by atoms with Gasteiger partial charge in [-0.3, -0.25) is 23.7 Å². The van der Waals surface area contributed by atoms with Gasteiger partial charge in [-0.25, -0.2) is 15.1 Å². The van der Waals surface area contributed by atoms with Gasteiger partial charge in [0.25, 0.3) is 5.91 Å². The number of hydrogen-bond donors (Lipinski definition) is 2. The number of aromatic nitrogens is 2. The van der Waals surface area contributed by atoms with E-state index < -0.39 is 31.6 Å². The molecular weight excluding hydrogens is 740 g/mol. The fourth-order valence-corrected chi connectivity index (χ4v) is 10.8. The summed E-state index contributed by atoms with van der Waals surface area (Å²) in [6.45, 7) is 6.85. The first-order valence-corrected chi connectivity index (χ1v) is 21.6. The second-order valence-electron chi connectivity index (χ2n) is 14.7. The normalized spacial score (nSPS) is 21.6. The summed E-state index contributed by atoms with van der Waals surface area (Å²) < 4.78 is 26.4. The van der Waals surface area contributed by atoms with Gasteiger partial charge in [-0.05, 0) is 99.2 Å². The van der Waals surface area contributed by atoms with Gasteiger partial charge in [0, 0.05) is 41.6 Å². The molecule has 0 spiro atoms. The molecule has 55 heavy (non-hydrogen) atoms. The molecule has 15 heteroatoms. The lowest BCUT2D eigenvalue weighted by molar-refractivity contribution is -0.148. The molecule has 2 N–H and O–H groups in total. The Bertz CT molecular complexity index is 2110. The largest absolute Gasteiger partial charge is 0.465 e. The van der Waals surface area contributed by atoms with Gasteiger partial charge >= 0.3 is 13.5 Å². The Labute approximate surface area is 324 Å². The van der Waals surface area contributed by atoms with Crippen molar-refractivity contribution < 1.29 is 33.0 Å². The Kier molecular flexibility index (Phi) is 11.7. The third kappa shape index (κ3) is 8.61. The zero-order chi connectivity index (χ0) is 38.7. The maximum Gasteiger partial charge on any atom is 0.323 e. The van der Waals surface area contributed by atoms with Crippen molar-refractivity contribution >= 4 is 52.6 Å².